The van der Waals surface area contributed by atoms with E-state index < -0.39 is 17.9 Å². The predicted octanol–water partition coefficient (Wildman–Crippen LogP) is 3.24. The number of carboxylic acids is 1. The molecule has 2 N–H and O–H groups in total. The summed E-state index contributed by atoms with van der Waals surface area (Å²) in [5, 5.41) is 11.1. The number of hydrogen-bond acceptors (Lipinski definition) is 7. The summed E-state index contributed by atoms with van der Waals surface area (Å²) >= 11 is 12.8. The van der Waals surface area contributed by atoms with Crippen LogP contribution in [0.4, 0.5) is 0 Å². The molecule has 1 aromatic heterocycles. The maximum Gasteiger partial charge on any atom is 0.355 e. The van der Waals surface area contributed by atoms with Gasteiger partial charge in [0.1, 0.15) is 12.3 Å². The van der Waals surface area contributed by atoms with Gasteiger partial charge in [0.15, 0.2) is 0 Å². The zero-order chi connectivity index (χ0) is 24.8. The lowest BCUT2D eigenvalue weighted by atomic mass is 9.89. The van der Waals surface area contributed by atoms with Crippen LogP contribution in [0.5, 0.6) is 0 Å². The van der Waals surface area contributed by atoms with Crippen molar-refractivity contribution >= 4 is 46.0 Å². The van der Waals surface area contributed by atoms with E-state index in [4.69, 9.17) is 37.4 Å². The Kier molecular flexibility index (Phi) is 9.27. The average molecular weight is 528 g/mol. The van der Waals surface area contributed by atoms with E-state index in [2.05, 4.69) is 14.8 Å². The summed E-state index contributed by atoms with van der Waals surface area (Å²) in [4.78, 5) is 32.6. The Balaban J connectivity index is 1.59. The van der Waals surface area contributed by atoms with Crippen LogP contribution in [0.1, 0.15) is 34.8 Å². The Labute approximate surface area is 214 Å². The summed E-state index contributed by atoms with van der Waals surface area (Å²) < 4.78 is 16.4. The summed E-state index contributed by atoms with van der Waals surface area (Å²) in [6, 6.07) is 3.30. The summed E-state index contributed by atoms with van der Waals surface area (Å²) in [6.45, 7) is 7.33. The number of hydrogen-bond donors (Lipinski definition) is 2. The van der Waals surface area contributed by atoms with Gasteiger partial charge in [0.05, 0.1) is 37.9 Å². The molecule has 0 amide bonds. The zero-order valence-corrected chi connectivity index (χ0v) is 21.1. The SMILES string of the molecule is O=C(O)CC(CCN1CCOCC1)c1c(C(=O)OCCN2CCOCC2)[nH]c2cc(Cl)cc(Cl)c12. The minimum Gasteiger partial charge on any atom is -0.481 e. The van der Waals surface area contributed by atoms with Crippen LogP contribution in [-0.4, -0.2) is 104 Å². The molecule has 0 radical (unpaired) electrons. The van der Waals surface area contributed by atoms with Crippen LogP contribution in [0.2, 0.25) is 10.0 Å². The van der Waals surface area contributed by atoms with Gasteiger partial charge in [0.2, 0.25) is 0 Å². The third-order valence-electron chi connectivity index (χ3n) is 6.53. The number of carbonyl (C=O) groups is 2. The first-order chi connectivity index (χ1) is 16.9. The van der Waals surface area contributed by atoms with E-state index in [1.165, 1.54) is 0 Å². The number of carboxylic acid groups (broad SMARTS) is 1. The molecule has 0 spiro atoms. The number of nitrogens with one attached hydrogen (secondary N) is 1. The molecule has 1 unspecified atom stereocenters. The fourth-order valence-corrected chi connectivity index (χ4v) is 5.32. The Hall–Kier alpha value is -1.88. The largest absolute Gasteiger partial charge is 0.481 e. The second-order valence-corrected chi connectivity index (χ2v) is 9.69. The van der Waals surface area contributed by atoms with Gasteiger partial charge in [0, 0.05) is 48.6 Å². The number of fused-ring (bicyclic) bond motifs is 1. The number of benzene rings is 1. The number of aromatic nitrogens is 1. The predicted molar refractivity (Wildman–Crippen MR) is 133 cm³/mol. The fraction of sp³-hybridized carbons (Fsp3) is 0.583. The van der Waals surface area contributed by atoms with Crippen molar-refractivity contribution in [1.82, 2.24) is 14.8 Å². The van der Waals surface area contributed by atoms with Gasteiger partial charge < -0.3 is 24.3 Å². The van der Waals surface area contributed by atoms with Crippen LogP contribution in [0.25, 0.3) is 10.9 Å². The lowest BCUT2D eigenvalue weighted by Crippen LogP contribution is -2.38. The molecule has 35 heavy (non-hydrogen) atoms. The van der Waals surface area contributed by atoms with Gasteiger partial charge in [-0.15, -0.1) is 0 Å². The van der Waals surface area contributed by atoms with E-state index in [0.29, 0.717) is 72.4 Å². The van der Waals surface area contributed by atoms with Gasteiger partial charge in [-0.25, -0.2) is 4.79 Å². The molecule has 11 heteroatoms. The van der Waals surface area contributed by atoms with E-state index in [1.54, 1.807) is 12.1 Å². The van der Waals surface area contributed by atoms with Gasteiger partial charge in [-0.05, 0) is 36.6 Å². The molecular formula is C24H31Cl2N3O6. The van der Waals surface area contributed by atoms with Crippen molar-refractivity contribution in [3.8, 4) is 0 Å². The second kappa shape index (κ2) is 12.4. The van der Waals surface area contributed by atoms with Gasteiger partial charge in [-0.3, -0.25) is 14.6 Å². The monoisotopic (exact) mass is 527 g/mol. The standard InChI is InChI=1S/C24H31Cl2N3O6/c25-17-14-18(26)22-19(15-17)27-23(24(32)35-12-7-29-5-10-34-11-6-29)21(22)16(13-20(30)31)1-2-28-3-8-33-9-4-28/h14-16,27H,1-13H2,(H,30,31). The maximum absolute atomic E-state index is 13.2. The number of esters is 1. The number of rotatable bonds is 10. The highest BCUT2D eigenvalue weighted by Gasteiger charge is 2.29. The molecule has 1 aromatic carbocycles. The number of carbonyl (C=O) groups excluding carboxylic acids is 1. The quantitative estimate of drug-likeness (QED) is 0.453. The first-order valence-corrected chi connectivity index (χ1v) is 12.7. The van der Waals surface area contributed by atoms with Crippen molar-refractivity contribution in [1.29, 1.82) is 0 Å². The van der Waals surface area contributed by atoms with Crippen LogP contribution < -0.4 is 0 Å². The van der Waals surface area contributed by atoms with Crippen molar-refractivity contribution in [3.63, 3.8) is 0 Å². The lowest BCUT2D eigenvalue weighted by Gasteiger charge is -2.28. The molecular weight excluding hydrogens is 497 g/mol. The normalized spacial score (nSPS) is 18.6. The molecule has 2 aliphatic heterocycles. The third-order valence-corrected chi connectivity index (χ3v) is 7.04. The second-order valence-electron chi connectivity index (χ2n) is 8.85. The highest BCUT2D eigenvalue weighted by molar-refractivity contribution is 6.39. The Morgan fingerprint density at radius 1 is 1.03 bits per heavy atom. The van der Waals surface area contributed by atoms with Gasteiger partial charge in [-0.1, -0.05) is 23.2 Å². The highest BCUT2D eigenvalue weighted by Crippen LogP contribution is 2.39. The smallest absolute Gasteiger partial charge is 0.355 e. The first-order valence-electron chi connectivity index (χ1n) is 11.9. The number of aromatic amines is 1. The number of ether oxygens (including phenoxy) is 3. The number of H-pyrrole nitrogens is 1. The van der Waals surface area contributed by atoms with Gasteiger partial charge in [-0.2, -0.15) is 0 Å². The molecule has 9 nitrogen and oxygen atoms in total. The molecule has 4 rings (SSSR count). The molecule has 2 fully saturated rings. The summed E-state index contributed by atoms with van der Waals surface area (Å²) in [5.74, 6) is -1.91. The topological polar surface area (TPSA) is 104 Å². The zero-order valence-electron chi connectivity index (χ0n) is 19.6. The van der Waals surface area contributed by atoms with Crippen LogP contribution in [0.3, 0.4) is 0 Å². The maximum atomic E-state index is 13.2. The van der Waals surface area contributed by atoms with Crippen molar-refractivity contribution in [2.45, 2.75) is 18.8 Å². The molecule has 2 aliphatic rings. The Bertz CT molecular complexity index is 1030. The van der Waals surface area contributed by atoms with Gasteiger partial charge in [0.25, 0.3) is 0 Å². The Morgan fingerprint density at radius 3 is 2.29 bits per heavy atom. The minimum absolute atomic E-state index is 0.135. The molecule has 0 saturated carbocycles. The molecule has 192 valence electrons. The molecule has 0 bridgehead atoms. The number of aliphatic carboxylic acids is 1. The highest BCUT2D eigenvalue weighted by atomic mass is 35.5. The van der Waals surface area contributed by atoms with E-state index in [1.807, 2.05) is 0 Å². The molecule has 2 saturated heterocycles. The Morgan fingerprint density at radius 2 is 1.66 bits per heavy atom. The molecule has 0 aliphatic carbocycles. The van der Waals surface area contributed by atoms with Crippen molar-refractivity contribution < 1.29 is 28.9 Å². The van der Waals surface area contributed by atoms with Crippen molar-refractivity contribution in [2.75, 3.05) is 72.3 Å². The molecule has 3 heterocycles. The number of halogens is 2. The summed E-state index contributed by atoms with van der Waals surface area (Å²) in [6.07, 6.45) is 0.413. The van der Waals surface area contributed by atoms with Crippen LogP contribution in [0.15, 0.2) is 12.1 Å². The van der Waals surface area contributed by atoms with Gasteiger partial charge >= 0.3 is 11.9 Å². The lowest BCUT2D eigenvalue weighted by molar-refractivity contribution is -0.137. The van der Waals surface area contributed by atoms with Crippen LogP contribution >= 0.6 is 23.2 Å². The van der Waals surface area contributed by atoms with E-state index >= 15 is 0 Å². The van der Waals surface area contributed by atoms with Crippen LogP contribution in [-0.2, 0) is 19.0 Å². The average Bonchev–Trinajstić information content (AvgIpc) is 3.22. The van der Waals surface area contributed by atoms with E-state index in [9.17, 15) is 14.7 Å². The number of nitrogens with zero attached hydrogens (tertiary/aromatic N) is 2. The van der Waals surface area contributed by atoms with Crippen LogP contribution in [0, 0.1) is 0 Å². The minimum atomic E-state index is -0.942. The number of morpholine rings is 2. The fourth-order valence-electron chi connectivity index (χ4n) is 4.73. The van der Waals surface area contributed by atoms with E-state index in [-0.39, 0.29) is 18.7 Å². The first kappa shape index (κ1) is 26.2. The van der Waals surface area contributed by atoms with E-state index in [0.717, 1.165) is 26.2 Å². The summed E-state index contributed by atoms with van der Waals surface area (Å²) in [5.41, 5.74) is 1.40. The van der Waals surface area contributed by atoms with Crippen molar-refractivity contribution in [2.24, 2.45) is 0 Å². The third kappa shape index (κ3) is 6.87. The summed E-state index contributed by atoms with van der Waals surface area (Å²) in [7, 11) is 0. The molecule has 1 atom stereocenters. The van der Waals surface area contributed by atoms with Crippen molar-refractivity contribution in [3.05, 3.63) is 33.4 Å². The molecule has 2 aromatic rings.